The summed E-state index contributed by atoms with van der Waals surface area (Å²) in [5, 5.41) is 11.1. The fourth-order valence-corrected chi connectivity index (χ4v) is 3.81. The number of carbonyl (C=O) groups is 2. The van der Waals surface area contributed by atoms with E-state index >= 15 is 0 Å². The second-order valence-electron chi connectivity index (χ2n) is 7.40. The smallest absolute Gasteiger partial charge is 0.295 e. The van der Waals surface area contributed by atoms with Crippen molar-refractivity contribution in [2.24, 2.45) is 0 Å². The van der Waals surface area contributed by atoms with E-state index in [0.29, 0.717) is 16.9 Å². The summed E-state index contributed by atoms with van der Waals surface area (Å²) in [5.41, 5.74) is 2.95. The quantitative estimate of drug-likeness (QED) is 0.388. The van der Waals surface area contributed by atoms with Crippen LogP contribution in [0.2, 0.25) is 0 Å². The Kier molecular flexibility index (Phi) is 5.54. The maximum Gasteiger partial charge on any atom is 0.295 e. The number of hydrogen-bond acceptors (Lipinski definition) is 5. The summed E-state index contributed by atoms with van der Waals surface area (Å²) >= 11 is 0. The Morgan fingerprint density at radius 3 is 2.48 bits per heavy atom. The zero-order valence-electron chi connectivity index (χ0n) is 17.3. The number of aliphatic hydroxyl groups is 1. The van der Waals surface area contributed by atoms with Gasteiger partial charge in [0.05, 0.1) is 18.7 Å². The normalized spacial score (nSPS) is 17.7. The summed E-state index contributed by atoms with van der Waals surface area (Å²) in [6, 6.07) is 17.2. The van der Waals surface area contributed by atoms with E-state index < -0.39 is 17.7 Å². The molecule has 1 fully saturated rings. The van der Waals surface area contributed by atoms with Gasteiger partial charge < -0.3 is 14.7 Å². The lowest BCUT2D eigenvalue weighted by Gasteiger charge is -2.26. The van der Waals surface area contributed by atoms with E-state index in [2.05, 4.69) is 4.98 Å². The molecule has 2 heterocycles. The predicted octanol–water partition coefficient (Wildman–Crippen LogP) is 4.02. The number of aryl methyl sites for hydroxylation is 1. The highest BCUT2D eigenvalue weighted by atomic mass is 16.5. The molecule has 6 nitrogen and oxygen atoms in total. The van der Waals surface area contributed by atoms with Crippen molar-refractivity contribution in [2.45, 2.75) is 19.5 Å². The van der Waals surface area contributed by atoms with E-state index in [0.717, 1.165) is 11.1 Å². The van der Waals surface area contributed by atoms with E-state index in [-0.39, 0.29) is 17.9 Å². The molecule has 0 saturated carbocycles. The molecule has 1 N–H and O–H groups in total. The van der Waals surface area contributed by atoms with Crippen LogP contribution < -0.4 is 4.74 Å². The van der Waals surface area contributed by atoms with Gasteiger partial charge in [0.2, 0.25) is 0 Å². The van der Waals surface area contributed by atoms with E-state index in [9.17, 15) is 14.7 Å². The molecule has 1 amide bonds. The van der Waals surface area contributed by atoms with Crippen LogP contribution in [-0.2, 0) is 16.1 Å². The zero-order valence-corrected chi connectivity index (χ0v) is 17.3. The van der Waals surface area contributed by atoms with Gasteiger partial charge >= 0.3 is 0 Å². The third-order valence-corrected chi connectivity index (χ3v) is 5.37. The second-order valence-corrected chi connectivity index (χ2v) is 7.40. The number of nitrogens with zero attached hydrogens (tertiary/aromatic N) is 2. The number of ketones is 1. The number of carbonyl (C=O) groups excluding carboxylic acids is 2. The molecule has 0 spiro atoms. The Hall–Kier alpha value is -3.93. The number of pyridine rings is 1. The number of hydrogen-bond donors (Lipinski definition) is 1. The van der Waals surface area contributed by atoms with Gasteiger partial charge in [-0.1, -0.05) is 54.1 Å². The van der Waals surface area contributed by atoms with Crippen LogP contribution in [0.5, 0.6) is 5.75 Å². The van der Waals surface area contributed by atoms with Gasteiger partial charge in [0.1, 0.15) is 11.5 Å². The highest BCUT2D eigenvalue weighted by Gasteiger charge is 2.47. The lowest BCUT2D eigenvalue weighted by atomic mass is 9.94. The molecule has 3 aromatic rings. The van der Waals surface area contributed by atoms with Gasteiger partial charge in [-0.05, 0) is 24.6 Å². The maximum absolute atomic E-state index is 13.1. The Bertz CT molecular complexity index is 1150. The number of rotatable bonds is 5. The summed E-state index contributed by atoms with van der Waals surface area (Å²) < 4.78 is 5.51. The molecule has 1 aliphatic rings. The number of aromatic nitrogens is 1. The van der Waals surface area contributed by atoms with Crippen molar-refractivity contribution in [3.05, 3.63) is 101 Å². The van der Waals surface area contributed by atoms with Gasteiger partial charge in [-0.3, -0.25) is 14.6 Å². The topological polar surface area (TPSA) is 79.7 Å². The number of likely N-dealkylation sites (tertiary alicyclic amines) is 1. The van der Waals surface area contributed by atoms with Gasteiger partial charge in [0, 0.05) is 30.1 Å². The number of methoxy groups -OCH3 is 1. The SMILES string of the molecule is COc1ccccc1[C@H]1C(=C(O)c2ccc(C)cc2)C(=O)C(=O)N1Cc1cccnc1. The third kappa shape index (κ3) is 3.80. The van der Waals surface area contributed by atoms with E-state index in [4.69, 9.17) is 4.74 Å². The molecule has 0 aliphatic carbocycles. The van der Waals surface area contributed by atoms with Crippen LogP contribution >= 0.6 is 0 Å². The molecule has 6 heteroatoms. The molecule has 1 aliphatic heterocycles. The highest BCUT2D eigenvalue weighted by molar-refractivity contribution is 6.46. The van der Waals surface area contributed by atoms with Gasteiger partial charge in [-0.2, -0.15) is 0 Å². The number of ether oxygens (including phenoxy) is 1. The van der Waals surface area contributed by atoms with E-state index in [1.165, 1.54) is 12.0 Å². The molecule has 1 atom stereocenters. The van der Waals surface area contributed by atoms with Crippen molar-refractivity contribution in [3.63, 3.8) is 0 Å². The molecular weight excluding hydrogens is 392 g/mol. The predicted molar refractivity (Wildman–Crippen MR) is 116 cm³/mol. The van der Waals surface area contributed by atoms with Crippen molar-refractivity contribution < 1.29 is 19.4 Å². The molecule has 2 aromatic carbocycles. The molecule has 0 unspecified atom stereocenters. The summed E-state index contributed by atoms with van der Waals surface area (Å²) in [7, 11) is 1.53. The number of amides is 1. The summed E-state index contributed by atoms with van der Waals surface area (Å²) in [6.07, 6.45) is 3.30. The summed E-state index contributed by atoms with van der Waals surface area (Å²) in [5.74, 6) is -1.07. The molecule has 0 bridgehead atoms. The largest absolute Gasteiger partial charge is 0.507 e. The molecule has 1 aromatic heterocycles. The van der Waals surface area contributed by atoms with E-state index in [1.807, 2.05) is 37.3 Å². The number of para-hydroxylation sites is 1. The lowest BCUT2D eigenvalue weighted by Crippen LogP contribution is -2.29. The molecule has 4 rings (SSSR count). The van der Waals surface area contributed by atoms with Gasteiger partial charge in [-0.15, -0.1) is 0 Å². The van der Waals surface area contributed by atoms with Gasteiger partial charge in [-0.25, -0.2) is 0 Å². The van der Waals surface area contributed by atoms with Crippen molar-refractivity contribution in [1.29, 1.82) is 0 Å². The van der Waals surface area contributed by atoms with Crippen LogP contribution in [-0.4, -0.2) is 33.8 Å². The van der Waals surface area contributed by atoms with Crippen molar-refractivity contribution in [2.75, 3.05) is 7.11 Å². The molecular formula is C25H22N2O4. The lowest BCUT2D eigenvalue weighted by molar-refractivity contribution is -0.140. The number of aliphatic hydroxyl groups excluding tert-OH is 1. The minimum atomic E-state index is -0.794. The average Bonchev–Trinajstić information content (AvgIpc) is 3.04. The number of benzene rings is 2. The second kappa shape index (κ2) is 8.44. The first-order chi connectivity index (χ1) is 15.0. The van der Waals surface area contributed by atoms with Gasteiger partial charge in [0.25, 0.3) is 11.7 Å². The van der Waals surface area contributed by atoms with Crippen LogP contribution in [0.1, 0.15) is 28.3 Å². The van der Waals surface area contributed by atoms with Crippen molar-refractivity contribution in [1.82, 2.24) is 9.88 Å². The standard InChI is InChI=1S/C25H22N2O4/c1-16-9-11-18(12-10-16)23(28)21-22(19-7-3-4-8-20(19)31-2)27(25(30)24(21)29)15-17-6-5-13-26-14-17/h3-14,22,28H,15H2,1-2H3/t22-/m0/s1. The van der Waals surface area contributed by atoms with E-state index in [1.54, 1.807) is 42.7 Å². The first kappa shape index (κ1) is 20.3. The van der Waals surface area contributed by atoms with Crippen LogP contribution in [0.15, 0.2) is 78.6 Å². The van der Waals surface area contributed by atoms with Crippen molar-refractivity contribution in [3.8, 4) is 5.75 Å². The average molecular weight is 414 g/mol. The number of Topliss-reactive ketones (excluding diaryl/α,β-unsaturated/α-hetero) is 1. The van der Waals surface area contributed by atoms with Gasteiger partial charge in [0.15, 0.2) is 0 Å². The van der Waals surface area contributed by atoms with Crippen molar-refractivity contribution >= 4 is 17.4 Å². The minimum absolute atomic E-state index is 0.0437. The Morgan fingerprint density at radius 2 is 1.81 bits per heavy atom. The zero-order chi connectivity index (χ0) is 22.0. The maximum atomic E-state index is 13.1. The fraction of sp³-hybridized carbons (Fsp3) is 0.160. The molecule has 31 heavy (non-hydrogen) atoms. The molecule has 156 valence electrons. The van der Waals surface area contributed by atoms with Crippen LogP contribution in [0.25, 0.3) is 5.76 Å². The molecule has 0 radical (unpaired) electrons. The first-order valence-electron chi connectivity index (χ1n) is 9.88. The van der Waals surface area contributed by atoms with Crippen LogP contribution in [0, 0.1) is 6.92 Å². The Morgan fingerprint density at radius 1 is 1.06 bits per heavy atom. The Balaban J connectivity index is 1.90. The Labute approximate surface area is 180 Å². The monoisotopic (exact) mass is 414 g/mol. The van der Waals surface area contributed by atoms with Crippen LogP contribution in [0.4, 0.5) is 0 Å². The third-order valence-electron chi connectivity index (χ3n) is 5.37. The summed E-state index contributed by atoms with van der Waals surface area (Å²) in [4.78, 5) is 31.7. The first-order valence-corrected chi connectivity index (χ1v) is 9.88. The van der Waals surface area contributed by atoms with Crippen LogP contribution in [0.3, 0.4) is 0 Å². The summed E-state index contributed by atoms with van der Waals surface area (Å²) in [6.45, 7) is 2.11. The minimum Gasteiger partial charge on any atom is -0.507 e. The fourth-order valence-electron chi connectivity index (χ4n) is 3.81. The highest BCUT2D eigenvalue weighted by Crippen LogP contribution is 2.43. The molecule has 1 saturated heterocycles.